The molecule has 1 atom stereocenters. The first kappa shape index (κ1) is 17.9. The minimum absolute atomic E-state index is 0.363. The molecule has 0 bridgehead atoms. The van der Waals surface area contributed by atoms with Crippen molar-refractivity contribution in [1.82, 2.24) is 5.32 Å². The van der Waals surface area contributed by atoms with Gasteiger partial charge in [0.25, 0.3) is 0 Å². The van der Waals surface area contributed by atoms with Gasteiger partial charge in [-0.2, -0.15) is 0 Å². The number of nitrogens with one attached hydrogen (secondary N) is 1. The van der Waals surface area contributed by atoms with Crippen LogP contribution in [-0.2, 0) is 4.74 Å². The predicted octanol–water partition coefficient (Wildman–Crippen LogP) is 4.53. The second-order valence-corrected chi connectivity index (χ2v) is 5.36. The van der Waals surface area contributed by atoms with Crippen LogP contribution in [0, 0.1) is 0 Å². The summed E-state index contributed by atoms with van der Waals surface area (Å²) in [4.78, 5) is 0. The third-order valence-corrected chi connectivity index (χ3v) is 3.29. The zero-order chi connectivity index (χ0) is 13.5. The average molecular weight is 257 g/mol. The summed E-state index contributed by atoms with van der Waals surface area (Å²) in [5.74, 6) is 0. The molecule has 0 aliphatic rings. The Hall–Kier alpha value is -0.0800. The van der Waals surface area contributed by atoms with Crippen molar-refractivity contribution >= 4 is 0 Å². The predicted molar refractivity (Wildman–Crippen MR) is 81.2 cm³/mol. The van der Waals surface area contributed by atoms with Crippen LogP contribution >= 0.6 is 0 Å². The monoisotopic (exact) mass is 257 g/mol. The molecule has 0 spiro atoms. The molecule has 0 aromatic heterocycles. The first-order valence-corrected chi connectivity index (χ1v) is 8.13. The molecule has 0 aromatic carbocycles. The molecule has 1 unspecified atom stereocenters. The fourth-order valence-electron chi connectivity index (χ4n) is 2.03. The van der Waals surface area contributed by atoms with Crippen molar-refractivity contribution in [3.63, 3.8) is 0 Å². The second kappa shape index (κ2) is 15.0. The summed E-state index contributed by atoms with van der Waals surface area (Å²) in [7, 11) is 0. The lowest BCUT2D eigenvalue weighted by molar-refractivity contribution is 0.0631. The minimum atomic E-state index is 0.363. The lowest BCUT2D eigenvalue weighted by Gasteiger charge is -2.13. The van der Waals surface area contributed by atoms with Gasteiger partial charge in [-0.3, -0.25) is 0 Å². The molecule has 2 nitrogen and oxygen atoms in total. The Balaban J connectivity index is 3.09. The van der Waals surface area contributed by atoms with E-state index in [4.69, 9.17) is 4.74 Å². The van der Waals surface area contributed by atoms with E-state index in [2.05, 4.69) is 26.1 Å². The van der Waals surface area contributed by atoms with Crippen LogP contribution in [0.3, 0.4) is 0 Å². The summed E-state index contributed by atoms with van der Waals surface area (Å²) < 4.78 is 5.79. The highest BCUT2D eigenvalue weighted by Crippen LogP contribution is 2.05. The van der Waals surface area contributed by atoms with Crippen LogP contribution in [0.5, 0.6) is 0 Å². The molecule has 110 valence electrons. The molecule has 0 aliphatic carbocycles. The van der Waals surface area contributed by atoms with E-state index in [1.165, 1.54) is 57.8 Å². The summed E-state index contributed by atoms with van der Waals surface area (Å²) >= 11 is 0. The van der Waals surface area contributed by atoms with Crippen molar-refractivity contribution in [3.8, 4) is 0 Å². The number of ether oxygens (including phenoxy) is 1. The van der Waals surface area contributed by atoms with Crippen molar-refractivity contribution < 1.29 is 4.74 Å². The Morgan fingerprint density at radius 2 is 1.44 bits per heavy atom. The maximum absolute atomic E-state index is 5.79. The van der Waals surface area contributed by atoms with E-state index in [1.807, 2.05) is 0 Å². The number of unbranched alkanes of at least 4 members (excludes halogenated alkanes) is 7. The molecule has 0 radical (unpaired) electrons. The molecule has 0 aliphatic heterocycles. The standard InChI is InChI=1S/C16H35NO/c1-4-6-8-9-10-12-14-18-16(3)15-17-13-11-7-5-2/h16-17H,4-15H2,1-3H3. The Labute approximate surface area is 115 Å². The van der Waals surface area contributed by atoms with Crippen LogP contribution in [0.1, 0.15) is 78.6 Å². The maximum atomic E-state index is 5.79. The largest absolute Gasteiger partial charge is 0.377 e. The van der Waals surface area contributed by atoms with Gasteiger partial charge >= 0.3 is 0 Å². The topological polar surface area (TPSA) is 21.3 Å². The molecular weight excluding hydrogens is 222 g/mol. The first-order valence-electron chi connectivity index (χ1n) is 8.13. The smallest absolute Gasteiger partial charge is 0.0671 e. The molecule has 2 heteroatoms. The molecule has 0 rings (SSSR count). The van der Waals surface area contributed by atoms with E-state index in [0.717, 1.165) is 19.7 Å². The van der Waals surface area contributed by atoms with Crippen LogP contribution in [0.2, 0.25) is 0 Å². The molecule has 0 heterocycles. The van der Waals surface area contributed by atoms with Gasteiger partial charge in [-0.25, -0.2) is 0 Å². The number of hydrogen-bond donors (Lipinski definition) is 1. The van der Waals surface area contributed by atoms with Crippen LogP contribution in [0.25, 0.3) is 0 Å². The van der Waals surface area contributed by atoms with E-state index >= 15 is 0 Å². The molecular formula is C16H35NO. The number of hydrogen-bond acceptors (Lipinski definition) is 2. The Morgan fingerprint density at radius 3 is 2.17 bits per heavy atom. The average Bonchev–Trinajstić information content (AvgIpc) is 2.37. The van der Waals surface area contributed by atoms with Crippen LogP contribution < -0.4 is 5.32 Å². The van der Waals surface area contributed by atoms with Gasteiger partial charge in [0.05, 0.1) is 6.10 Å². The fourth-order valence-corrected chi connectivity index (χ4v) is 2.03. The van der Waals surface area contributed by atoms with Gasteiger partial charge in [0, 0.05) is 13.2 Å². The van der Waals surface area contributed by atoms with E-state index in [9.17, 15) is 0 Å². The van der Waals surface area contributed by atoms with E-state index in [-0.39, 0.29) is 0 Å². The highest BCUT2D eigenvalue weighted by molar-refractivity contribution is 4.56. The van der Waals surface area contributed by atoms with Gasteiger partial charge in [-0.15, -0.1) is 0 Å². The van der Waals surface area contributed by atoms with Crippen molar-refractivity contribution in [2.75, 3.05) is 19.7 Å². The Morgan fingerprint density at radius 1 is 0.833 bits per heavy atom. The van der Waals surface area contributed by atoms with Gasteiger partial charge in [-0.05, 0) is 26.3 Å². The van der Waals surface area contributed by atoms with Gasteiger partial charge < -0.3 is 10.1 Å². The number of rotatable bonds is 14. The van der Waals surface area contributed by atoms with E-state index in [0.29, 0.717) is 6.10 Å². The van der Waals surface area contributed by atoms with Crippen molar-refractivity contribution in [2.24, 2.45) is 0 Å². The third kappa shape index (κ3) is 14.0. The quantitative estimate of drug-likeness (QED) is 0.462. The van der Waals surface area contributed by atoms with Gasteiger partial charge in [0.2, 0.25) is 0 Å². The maximum Gasteiger partial charge on any atom is 0.0671 e. The highest BCUT2D eigenvalue weighted by atomic mass is 16.5. The van der Waals surface area contributed by atoms with Crippen molar-refractivity contribution in [3.05, 3.63) is 0 Å². The molecule has 0 saturated carbocycles. The van der Waals surface area contributed by atoms with Crippen LogP contribution in [0.15, 0.2) is 0 Å². The summed E-state index contributed by atoms with van der Waals surface area (Å²) in [5.41, 5.74) is 0. The van der Waals surface area contributed by atoms with E-state index in [1.54, 1.807) is 0 Å². The summed E-state index contributed by atoms with van der Waals surface area (Å²) in [6.07, 6.45) is 12.3. The molecule has 0 fully saturated rings. The lowest BCUT2D eigenvalue weighted by Crippen LogP contribution is -2.27. The zero-order valence-corrected chi connectivity index (χ0v) is 13.0. The van der Waals surface area contributed by atoms with Crippen LogP contribution in [-0.4, -0.2) is 25.8 Å². The first-order chi connectivity index (χ1) is 8.81. The molecule has 0 saturated heterocycles. The summed E-state index contributed by atoms with van der Waals surface area (Å²) in [5, 5.41) is 3.46. The molecule has 0 amide bonds. The SMILES string of the molecule is CCCCCCCCOC(C)CNCCCCC. The normalized spacial score (nSPS) is 12.8. The molecule has 18 heavy (non-hydrogen) atoms. The summed E-state index contributed by atoms with van der Waals surface area (Å²) in [6, 6.07) is 0. The summed E-state index contributed by atoms with van der Waals surface area (Å²) in [6.45, 7) is 9.75. The van der Waals surface area contributed by atoms with Crippen molar-refractivity contribution in [1.29, 1.82) is 0 Å². The lowest BCUT2D eigenvalue weighted by atomic mass is 10.1. The van der Waals surface area contributed by atoms with Crippen molar-refractivity contribution in [2.45, 2.75) is 84.7 Å². The highest BCUT2D eigenvalue weighted by Gasteiger charge is 2.00. The third-order valence-electron chi connectivity index (χ3n) is 3.29. The zero-order valence-electron chi connectivity index (χ0n) is 13.0. The van der Waals surface area contributed by atoms with Gasteiger partial charge in [0.1, 0.15) is 0 Å². The molecule has 0 aromatic rings. The Bertz CT molecular complexity index is 150. The molecule has 1 N–H and O–H groups in total. The minimum Gasteiger partial charge on any atom is -0.377 e. The van der Waals surface area contributed by atoms with E-state index < -0.39 is 0 Å². The van der Waals surface area contributed by atoms with Crippen LogP contribution in [0.4, 0.5) is 0 Å². The van der Waals surface area contributed by atoms with Gasteiger partial charge in [0.15, 0.2) is 0 Å². The van der Waals surface area contributed by atoms with Gasteiger partial charge in [-0.1, -0.05) is 58.8 Å². The second-order valence-electron chi connectivity index (χ2n) is 5.36. The fraction of sp³-hybridized carbons (Fsp3) is 1.00. The Kier molecular flexibility index (Phi) is 14.9.